The van der Waals surface area contributed by atoms with Gasteiger partial charge in [0.2, 0.25) is 11.8 Å². The van der Waals surface area contributed by atoms with Gasteiger partial charge in [-0.2, -0.15) is 0 Å². The van der Waals surface area contributed by atoms with E-state index in [0.29, 0.717) is 52.6 Å². The molecule has 3 aromatic rings. The van der Waals surface area contributed by atoms with Crippen LogP contribution in [0.1, 0.15) is 51.0 Å². The van der Waals surface area contributed by atoms with Crippen molar-refractivity contribution in [2.75, 3.05) is 59.2 Å². The third-order valence-corrected chi connectivity index (χ3v) is 14.5. The van der Waals surface area contributed by atoms with Gasteiger partial charge in [-0.25, -0.2) is 8.78 Å². The van der Waals surface area contributed by atoms with Crippen molar-refractivity contribution in [2.24, 2.45) is 0 Å². The van der Waals surface area contributed by atoms with Crippen LogP contribution in [0, 0.1) is 11.6 Å². The summed E-state index contributed by atoms with van der Waals surface area (Å²) in [5.41, 5.74) is -6.41. The number of aromatic hydroxyl groups is 6. The Balaban J connectivity index is 0.000000215. The summed E-state index contributed by atoms with van der Waals surface area (Å²) in [7, 11) is 0. The Bertz CT molecular complexity index is 3250. The maximum absolute atomic E-state index is 15.0. The fourth-order valence-corrected chi connectivity index (χ4v) is 9.82. The van der Waals surface area contributed by atoms with Gasteiger partial charge in [0, 0.05) is 68.9 Å². The van der Waals surface area contributed by atoms with Crippen LogP contribution in [0.15, 0.2) is 53.3 Å². The summed E-state index contributed by atoms with van der Waals surface area (Å²) in [6, 6.07) is 2.64. The number of nitrogens with zero attached hydrogens (tertiary/aromatic N) is 4. The highest BCUT2D eigenvalue weighted by Gasteiger charge is 2.76. The van der Waals surface area contributed by atoms with E-state index in [1.807, 2.05) is 4.90 Å². The number of hydrogen-bond donors (Lipinski definition) is 17. The Morgan fingerprint density at radius 1 is 0.707 bits per heavy atom. The van der Waals surface area contributed by atoms with Crippen molar-refractivity contribution < 1.29 is 123 Å². The maximum atomic E-state index is 15.0. The molecule has 0 aliphatic carbocycles. The zero-order valence-electron chi connectivity index (χ0n) is 42.8. The van der Waals surface area contributed by atoms with Crippen LogP contribution < -0.4 is 20.7 Å². The van der Waals surface area contributed by atoms with E-state index in [1.165, 1.54) is 23.5 Å². The number of morpholine rings is 2. The molecule has 3 aromatic carbocycles. The van der Waals surface area contributed by atoms with Gasteiger partial charge in [0.15, 0.2) is 52.0 Å². The van der Waals surface area contributed by atoms with Crippen LogP contribution >= 0.6 is 0 Å². The lowest BCUT2D eigenvalue weighted by molar-refractivity contribution is -0.407. The molecule has 82 heavy (non-hydrogen) atoms. The Morgan fingerprint density at radius 3 is 1.80 bits per heavy atom. The van der Waals surface area contributed by atoms with Gasteiger partial charge >= 0.3 is 5.79 Å². The van der Waals surface area contributed by atoms with Crippen LogP contribution in [0.5, 0.6) is 40.2 Å². The maximum Gasteiger partial charge on any atom is 0.306 e. The second kappa shape index (κ2) is 22.7. The number of likely N-dealkylation sites (tertiary alicyclic amines) is 1. The van der Waals surface area contributed by atoms with Gasteiger partial charge in [-0.1, -0.05) is 12.6 Å². The molecular weight excluding hydrogens is 1100 g/mol. The first kappa shape index (κ1) is 59.5. The van der Waals surface area contributed by atoms with Crippen molar-refractivity contribution in [1.29, 1.82) is 0 Å². The highest BCUT2D eigenvalue weighted by atomic mass is 19.1. The number of benzene rings is 3. The molecule has 32 heteroatoms. The normalized spacial score (nSPS) is 23.2. The van der Waals surface area contributed by atoms with E-state index in [-0.39, 0.29) is 64.4 Å². The van der Waals surface area contributed by atoms with Crippen molar-refractivity contribution in [1.82, 2.24) is 35.6 Å². The van der Waals surface area contributed by atoms with Crippen LogP contribution in [-0.2, 0) is 66.2 Å². The third kappa shape index (κ3) is 10.4. The summed E-state index contributed by atoms with van der Waals surface area (Å²) in [4.78, 5) is 79.2. The third-order valence-electron chi connectivity index (χ3n) is 14.5. The van der Waals surface area contributed by atoms with Gasteiger partial charge in [0.05, 0.1) is 67.3 Å². The number of phenols is 6. The molecule has 442 valence electrons. The fraction of sp³-hybridized carbons (Fsp3) is 0.400. The molecule has 6 amide bonds. The number of nitrogens with one attached hydrogen (secondary N) is 3. The smallest absolute Gasteiger partial charge is 0.306 e. The molecule has 0 bridgehead atoms. The van der Waals surface area contributed by atoms with Gasteiger partial charge in [0.25, 0.3) is 35.1 Å². The zero-order chi connectivity index (χ0) is 60.1. The average molecular weight is 1160 g/mol. The number of hydrogen-bond acceptors (Lipinski definition) is 26. The number of rotatable bonds is 13. The molecule has 6 heterocycles. The summed E-state index contributed by atoms with van der Waals surface area (Å²) in [5, 5.41) is 151. The number of carbonyl (C=O) groups excluding carboxylic acids is 6. The molecular formula is C50H55F2N7O23. The Hall–Kier alpha value is -8.60. The number of aliphatic hydroxyl groups excluding tert-OH is 3. The lowest BCUT2D eigenvalue weighted by Crippen LogP contribution is -2.85. The molecule has 0 saturated carbocycles. The molecule has 0 spiro atoms. The number of ether oxygens (including phenoxy) is 3. The van der Waals surface area contributed by atoms with Crippen molar-refractivity contribution in [3.8, 4) is 40.2 Å². The number of halogens is 2. The highest BCUT2D eigenvalue weighted by Crippen LogP contribution is 2.46. The molecule has 2 unspecified atom stereocenters. The number of fused-ring (bicyclic) bond motifs is 1. The number of phenolic OH excluding ortho intramolecular Hbond substituents is 6. The molecule has 17 N–H and O–H groups in total. The number of aliphatic hydroxyl groups is 8. The summed E-state index contributed by atoms with van der Waals surface area (Å²) < 4.78 is 46.0. The monoisotopic (exact) mass is 1160 g/mol. The van der Waals surface area contributed by atoms with Gasteiger partial charge in [0.1, 0.15) is 29.9 Å². The van der Waals surface area contributed by atoms with Gasteiger partial charge in [-0.3, -0.25) is 54.1 Å². The van der Waals surface area contributed by atoms with Gasteiger partial charge < -0.3 is 95.9 Å². The molecule has 30 nitrogen and oxygen atoms in total. The van der Waals surface area contributed by atoms with Gasteiger partial charge in [-0.15, -0.1) is 0 Å². The van der Waals surface area contributed by atoms with Crippen LogP contribution in [0.4, 0.5) is 8.78 Å². The van der Waals surface area contributed by atoms with E-state index in [2.05, 4.69) is 17.2 Å². The molecule has 5 fully saturated rings. The molecule has 6 aliphatic heterocycles. The summed E-state index contributed by atoms with van der Waals surface area (Å²) >= 11 is 0. The molecule has 0 aromatic heterocycles. The summed E-state index contributed by atoms with van der Waals surface area (Å²) in [6.07, 6.45) is -0.0827. The molecule has 5 saturated heterocycles. The molecule has 9 rings (SSSR count). The quantitative estimate of drug-likeness (QED) is 0.0205. The molecule has 2 atom stereocenters. The van der Waals surface area contributed by atoms with E-state index in [0.717, 1.165) is 4.90 Å². The van der Waals surface area contributed by atoms with E-state index in [1.54, 1.807) is 4.90 Å². The van der Waals surface area contributed by atoms with E-state index in [4.69, 9.17) is 14.2 Å². The minimum atomic E-state index is -4.30. The second-order valence-corrected chi connectivity index (χ2v) is 19.4. The molecule has 0 radical (unpaired) electrons. The van der Waals surface area contributed by atoms with Crippen LogP contribution in [0.3, 0.4) is 0 Å². The topological polar surface area (TPSA) is 462 Å². The first-order valence-electron chi connectivity index (χ1n) is 24.7. The van der Waals surface area contributed by atoms with Crippen molar-refractivity contribution in [3.05, 3.63) is 98.3 Å². The van der Waals surface area contributed by atoms with Crippen molar-refractivity contribution in [3.63, 3.8) is 0 Å². The van der Waals surface area contributed by atoms with Gasteiger partial charge in [-0.05, 0) is 18.6 Å². The number of piperidine rings is 2. The Morgan fingerprint density at radius 2 is 1.26 bits per heavy atom. The average Bonchev–Trinajstić information content (AvgIpc) is 1.91. The minimum absolute atomic E-state index is 0.0240. The standard InChI is InChI=1S/C25H29FN4O10.C25H26FN3O13/c1-11(31)19(33)17-13(10-30(25(17)39)15-2-3-16(32)28-24(15)38)23(37)27-8-12-18(26)22(36)21(35)14(20(12)34)9-29-4-6-40-7-5-29;26-16-14(17(30)13(18(31)19(16)32)8-28-4-6-41-7-5-28)10-42-15-3-1-2-11-12(15)9-29(20(11)33)23(36)21(34)27-22(35)24(37,38)25(23,39)40/h15,27,31,33-37H,1-10H2,(H,28,32,38);1-3,30-32,36-40H,4-10H2,(H,27,34,35)/b19-17-,23-13-;. The summed E-state index contributed by atoms with van der Waals surface area (Å²) in [5.74, 6) is -26.6. The van der Waals surface area contributed by atoms with E-state index < -0.39 is 165 Å². The van der Waals surface area contributed by atoms with E-state index in [9.17, 15) is 109 Å². The lowest BCUT2D eigenvalue weighted by atomic mass is 9.86. The van der Waals surface area contributed by atoms with E-state index >= 15 is 0 Å². The largest absolute Gasteiger partial charge is 0.507 e. The number of imide groups is 2. The van der Waals surface area contributed by atoms with Crippen LogP contribution in [-0.4, -0.2) is 209 Å². The highest BCUT2D eigenvalue weighted by molar-refractivity contribution is 6.10. The van der Waals surface area contributed by atoms with Crippen molar-refractivity contribution >= 4 is 35.4 Å². The number of amides is 6. The predicted molar refractivity (Wildman–Crippen MR) is 264 cm³/mol. The Kier molecular flexibility index (Phi) is 16.5. The fourth-order valence-electron chi connectivity index (χ4n) is 9.82. The summed E-state index contributed by atoms with van der Waals surface area (Å²) in [6.45, 7) is 3.79. The first-order valence-corrected chi connectivity index (χ1v) is 24.7. The minimum Gasteiger partial charge on any atom is -0.507 e. The SMILES string of the molecule is C=C(O)/C(O)=C1/C(=O)N(C2CCC(=O)NC2=O)C/C1=C(/O)NCc1c(O)c(CN2CCOCC2)c(O)c(O)c1F.O=C1c2cccc(OCc3c(O)c(CN4CCOCC4)c(O)c(O)c3F)c2CN1C1(O)C(=O)NC(=O)C(O)(O)C1(O)O. The Labute approximate surface area is 460 Å². The lowest BCUT2D eigenvalue weighted by Gasteiger charge is -2.50. The zero-order valence-corrected chi connectivity index (χ0v) is 42.8. The molecule has 6 aliphatic rings. The second-order valence-electron chi connectivity index (χ2n) is 19.4. The van der Waals surface area contributed by atoms with Crippen LogP contribution in [0.25, 0.3) is 0 Å². The first-order chi connectivity index (χ1) is 38.6. The number of carbonyl (C=O) groups is 6. The van der Waals surface area contributed by atoms with Crippen molar-refractivity contribution in [2.45, 2.75) is 69.0 Å². The predicted octanol–water partition coefficient (Wildman–Crippen LogP) is -2.82. The van der Waals surface area contributed by atoms with Crippen LogP contribution in [0.2, 0.25) is 0 Å².